The maximum atomic E-state index is 14.7. The minimum absolute atomic E-state index is 0.124. The third kappa shape index (κ3) is 7.31. The number of rotatable bonds is 10. The zero-order valence-electron chi connectivity index (χ0n) is 27.9. The minimum Gasteiger partial charge on any atom is -0.462 e. The second kappa shape index (κ2) is 14.8. The Morgan fingerprint density at radius 2 is 1.78 bits per heavy atom. The van der Waals surface area contributed by atoms with E-state index in [1.807, 2.05) is 60.7 Å². The Morgan fingerprint density at radius 1 is 0.959 bits per heavy atom. The first-order valence-electron chi connectivity index (χ1n) is 17.2. The predicted molar refractivity (Wildman–Crippen MR) is 186 cm³/mol. The number of fused-ring (bicyclic) bond motifs is 2. The molecule has 4 heterocycles. The molecule has 2 saturated heterocycles. The van der Waals surface area contributed by atoms with Gasteiger partial charge in [-0.05, 0) is 50.6 Å². The molecule has 4 aromatic rings. The Kier molecular flexibility index (Phi) is 9.87. The summed E-state index contributed by atoms with van der Waals surface area (Å²) in [6.07, 6.45) is 3.20. The van der Waals surface area contributed by atoms with Gasteiger partial charge in [0.15, 0.2) is 0 Å². The molecule has 0 radical (unpaired) electrons. The SMILES string of the molecule is CN1CCC[C@@H]1COc1nc2c(c(N3CCN(CC(=O)OCc4ccccc4)[C@@H](CC#N)C3)n1)CCN(c1ccc(F)c3ccccc13)C2. The number of likely N-dealkylation sites (tertiary alicyclic amines) is 1. The van der Waals surface area contributed by atoms with E-state index in [0.29, 0.717) is 56.6 Å². The van der Waals surface area contributed by atoms with Crippen molar-refractivity contribution in [2.45, 2.75) is 50.9 Å². The number of nitrogens with zero attached hydrogens (tertiary/aromatic N) is 7. The number of aromatic nitrogens is 2. The summed E-state index contributed by atoms with van der Waals surface area (Å²) in [6.45, 7) is 4.93. The topological polar surface area (TPSA) is 98.1 Å². The molecule has 3 aliphatic rings. The van der Waals surface area contributed by atoms with Crippen molar-refractivity contribution >= 4 is 28.2 Å². The van der Waals surface area contributed by atoms with Crippen LogP contribution in [0.5, 0.6) is 6.01 Å². The van der Waals surface area contributed by atoms with Gasteiger partial charge in [-0.3, -0.25) is 9.69 Å². The fourth-order valence-corrected chi connectivity index (χ4v) is 7.34. The predicted octanol–water partition coefficient (Wildman–Crippen LogP) is 4.95. The number of carbonyl (C=O) groups excluding carboxylic acids is 1. The summed E-state index contributed by atoms with van der Waals surface area (Å²) < 4.78 is 26.6. The quantitative estimate of drug-likeness (QED) is 0.217. The van der Waals surface area contributed by atoms with Crippen molar-refractivity contribution in [2.24, 2.45) is 0 Å². The molecular formula is C38H42FN7O3. The standard InChI is InChI=1S/C38H42FN7O3/c1-43-18-7-10-29(43)26-49-38-41-34-23-45(35-14-13-33(39)30-11-5-6-12-31(30)35)19-16-32(34)37(42-38)46-21-20-44(28(22-46)15-17-40)24-36(47)48-25-27-8-3-2-4-9-27/h2-6,8-9,11-14,28-29H,7,10,15-16,18-26H2,1H3/t28-,29+/m0/s1. The molecule has 0 amide bonds. The van der Waals surface area contributed by atoms with E-state index in [2.05, 4.69) is 32.7 Å². The molecule has 0 bridgehead atoms. The maximum Gasteiger partial charge on any atom is 0.320 e. The van der Waals surface area contributed by atoms with Gasteiger partial charge in [-0.25, -0.2) is 4.39 Å². The van der Waals surface area contributed by atoms with Crippen LogP contribution in [-0.2, 0) is 29.1 Å². The van der Waals surface area contributed by atoms with Gasteiger partial charge in [0.05, 0.1) is 31.3 Å². The first-order valence-corrected chi connectivity index (χ1v) is 17.2. The average molecular weight is 664 g/mol. The second-order valence-corrected chi connectivity index (χ2v) is 13.2. The molecule has 2 atom stereocenters. The number of ether oxygens (including phenoxy) is 2. The van der Waals surface area contributed by atoms with Crippen molar-refractivity contribution in [1.29, 1.82) is 5.26 Å². The summed E-state index contributed by atoms with van der Waals surface area (Å²) in [5.41, 5.74) is 3.87. The average Bonchev–Trinajstić information content (AvgIpc) is 3.55. The Labute approximate surface area is 286 Å². The molecule has 0 spiro atoms. The van der Waals surface area contributed by atoms with Gasteiger partial charge in [-0.2, -0.15) is 15.2 Å². The summed E-state index contributed by atoms with van der Waals surface area (Å²) in [4.78, 5) is 31.7. The zero-order chi connectivity index (χ0) is 33.7. The lowest BCUT2D eigenvalue weighted by Gasteiger charge is -2.42. The second-order valence-electron chi connectivity index (χ2n) is 13.2. The van der Waals surface area contributed by atoms with Gasteiger partial charge < -0.3 is 24.2 Å². The molecule has 11 heteroatoms. The van der Waals surface area contributed by atoms with Crippen LogP contribution in [0.4, 0.5) is 15.9 Å². The third-order valence-electron chi connectivity index (χ3n) is 10.1. The normalized spacial score (nSPS) is 19.9. The highest BCUT2D eigenvalue weighted by molar-refractivity contribution is 5.94. The molecule has 7 rings (SSSR count). The molecule has 49 heavy (non-hydrogen) atoms. The van der Waals surface area contributed by atoms with E-state index in [1.54, 1.807) is 0 Å². The molecule has 1 aromatic heterocycles. The van der Waals surface area contributed by atoms with Gasteiger partial charge in [-0.1, -0.05) is 54.6 Å². The van der Waals surface area contributed by atoms with Crippen molar-refractivity contribution < 1.29 is 18.7 Å². The lowest BCUT2D eigenvalue weighted by Crippen LogP contribution is -2.55. The van der Waals surface area contributed by atoms with E-state index in [-0.39, 0.29) is 37.4 Å². The highest BCUT2D eigenvalue weighted by Crippen LogP contribution is 2.35. The molecule has 254 valence electrons. The molecule has 2 fully saturated rings. The van der Waals surface area contributed by atoms with Crippen molar-refractivity contribution in [3.8, 4) is 12.1 Å². The number of nitriles is 1. The summed E-state index contributed by atoms with van der Waals surface area (Å²) in [7, 11) is 2.12. The zero-order valence-corrected chi connectivity index (χ0v) is 27.9. The summed E-state index contributed by atoms with van der Waals surface area (Å²) >= 11 is 0. The number of likely N-dealkylation sites (N-methyl/N-ethyl adjacent to an activating group) is 1. The first kappa shape index (κ1) is 32.7. The molecule has 10 nitrogen and oxygen atoms in total. The lowest BCUT2D eigenvalue weighted by molar-refractivity contribution is -0.147. The molecule has 3 aromatic carbocycles. The minimum atomic E-state index is -0.305. The maximum absolute atomic E-state index is 14.7. The van der Waals surface area contributed by atoms with Crippen LogP contribution in [0, 0.1) is 17.1 Å². The van der Waals surface area contributed by atoms with E-state index in [1.165, 1.54) is 6.07 Å². The molecule has 0 unspecified atom stereocenters. The smallest absolute Gasteiger partial charge is 0.320 e. The largest absolute Gasteiger partial charge is 0.462 e. The molecule has 0 aliphatic carbocycles. The molecule has 3 aliphatic heterocycles. The van der Waals surface area contributed by atoms with E-state index >= 15 is 0 Å². The van der Waals surface area contributed by atoms with Gasteiger partial charge in [0, 0.05) is 60.3 Å². The van der Waals surface area contributed by atoms with Crippen LogP contribution in [0.25, 0.3) is 10.8 Å². The number of esters is 1. The number of halogens is 1. The number of hydrogen-bond acceptors (Lipinski definition) is 10. The van der Waals surface area contributed by atoms with E-state index in [0.717, 1.165) is 59.6 Å². The monoisotopic (exact) mass is 663 g/mol. The van der Waals surface area contributed by atoms with Crippen LogP contribution >= 0.6 is 0 Å². The molecule has 0 N–H and O–H groups in total. The van der Waals surface area contributed by atoms with Crippen molar-refractivity contribution in [1.82, 2.24) is 19.8 Å². The van der Waals surface area contributed by atoms with Crippen LogP contribution in [0.2, 0.25) is 0 Å². The van der Waals surface area contributed by atoms with Crippen LogP contribution < -0.4 is 14.5 Å². The van der Waals surface area contributed by atoms with Crippen molar-refractivity contribution in [3.63, 3.8) is 0 Å². The summed E-state index contributed by atoms with van der Waals surface area (Å²) in [5.74, 6) is 0.294. The fourth-order valence-electron chi connectivity index (χ4n) is 7.34. The van der Waals surface area contributed by atoms with E-state index in [9.17, 15) is 14.4 Å². The number of piperazine rings is 1. The van der Waals surface area contributed by atoms with Crippen LogP contribution in [0.1, 0.15) is 36.1 Å². The number of hydrogen-bond donors (Lipinski definition) is 0. The Hall–Kier alpha value is -4.79. The third-order valence-corrected chi connectivity index (χ3v) is 10.1. The van der Waals surface area contributed by atoms with Crippen LogP contribution in [-0.4, -0.2) is 90.7 Å². The highest BCUT2D eigenvalue weighted by atomic mass is 19.1. The number of benzene rings is 3. The number of carbonyl (C=O) groups is 1. The fraction of sp³-hybridized carbons (Fsp3) is 0.421. The van der Waals surface area contributed by atoms with Gasteiger partial charge in [0.2, 0.25) is 0 Å². The molecule has 0 saturated carbocycles. The summed E-state index contributed by atoms with van der Waals surface area (Å²) in [5, 5.41) is 11.2. The van der Waals surface area contributed by atoms with Gasteiger partial charge >= 0.3 is 12.0 Å². The van der Waals surface area contributed by atoms with E-state index < -0.39 is 0 Å². The Balaban J connectivity index is 1.12. The van der Waals surface area contributed by atoms with Crippen molar-refractivity contribution in [3.05, 3.63) is 89.4 Å². The lowest BCUT2D eigenvalue weighted by atomic mass is 10.0. The first-order chi connectivity index (χ1) is 24.0. The highest BCUT2D eigenvalue weighted by Gasteiger charge is 2.33. The summed E-state index contributed by atoms with van der Waals surface area (Å²) in [6, 6.07) is 23.4. The number of anilines is 2. The van der Waals surface area contributed by atoms with Gasteiger partial charge in [-0.15, -0.1) is 0 Å². The Morgan fingerprint density at radius 3 is 2.57 bits per heavy atom. The Bertz CT molecular complexity index is 1830. The van der Waals surface area contributed by atoms with E-state index in [4.69, 9.17) is 19.4 Å². The molecular weight excluding hydrogens is 621 g/mol. The van der Waals surface area contributed by atoms with Gasteiger partial charge in [0.1, 0.15) is 24.8 Å². The van der Waals surface area contributed by atoms with Gasteiger partial charge in [0.25, 0.3) is 0 Å². The van der Waals surface area contributed by atoms with Crippen LogP contribution in [0.3, 0.4) is 0 Å². The van der Waals surface area contributed by atoms with Crippen molar-refractivity contribution in [2.75, 3.05) is 62.7 Å². The van der Waals surface area contributed by atoms with Crippen LogP contribution in [0.15, 0.2) is 66.7 Å².